The van der Waals surface area contributed by atoms with Crippen LogP contribution in [0.4, 0.5) is 4.39 Å². The van der Waals surface area contributed by atoms with Crippen molar-refractivity contribution in [1.82, 2.24) is 5.32 Å². The highest BCUT2D eigenvalue weighted by atomic mass is 19.1. The minimum absolute atomic E-state index is 0.181. The van der Waals surface area contributed by atoms with Gasteiger partial charge in [-0.1, -0.05) is 24.3 Å². The highest BCUT2D eigenvalue weighted by Gasteiger charge is 2.07. The second kappa shape index (κ2) is 4.91. The molecule has 0 radical (unpaired) electrons. The molecule has 0 unspecified atom stereocenters. The van der Waals surface area contributed by atoms with E-state index in [0.29, 0.717) is 0 Å². The predicted molar refractivity (Wildman–Crippen MR) is 57.8 cm³/mol. The Balaban J connectivity index is 2.72. The monoisotopic (exact) mass is 193 g/mol. The maximum atomic E-state index is 12.9. The zero-order chi connectivity index (χ0) is 10.6. The van der Waals surface area contributed by atoms with Crippen LogP contribution in [0, 0.1) is 5.82 Å². The van der Waals surface area contributed by atoms with Gasteiger partial charge in [-0.2, -0.15) is 0 Å². The molecule has 0 aliphatic rings. The van der Waals surface area contributed by atoms with Gasteiger partial charge in [-0.15, -0.1) is 0 Å². The molecule has 0 aromatic heterocycles. The molecule has 0 saturated heterocycles. The van der Waals surface area contributed by atoms with Crippen LogP contribution in [0.15, 0.2) is 36.4 Å². The minimum atomic E-state index is -0.181. The van der Waals surface area contributed by atoms with Crippen LogP contribution in [-0.2, 0) is 6.42 Å². The Morgan fingerprint density at radius 3 is 2.79 bits per heavy atom. The van der Waals surface area contributed by atoms with Crippen LogP contribution in [0.3, 0.4) is 0 Å². The molecule has 1 aromatic rings. The van der Waals surface area contributed by atoms with Crippen LogP contribution in [0.1, 0.15) is 12.5 Å². The average Bonchev–Trinajstić information content (AvgIpc) is 2.14. The quantitative estimate of drug-likeness (QED) is 0.724. The lowest BCUT2D eigenvalue weighted by Crippen LogP contribution is -2.28. The Hall–Kier alpha value is -1.15. The lowest BCUT2D eigenvalue weighted by atomic mass is 10.0. The van der Waals surface area contributed by atoms with Crippen molar-refractivity contribution in [2.45, 2.75) is 19.4 Å². The molecule has 0 spiro atoms. The topological polar surface area (TPSA) is 12.0 Å². The first-order valence-electron chi connectivity index (χ1n) is 4.70. The first kappa shape index (κ1) is 10.9. The van der Waals surface area contributed by atoms with Gasteiger partial charge in [-0.3, -0.25) is 0 Å². The van der Waals surface area contributed by atoms with Crippen molar-refractivity contribution >= 4 is 0 Å². The molecule has 14 heavy (non-hydrogen) atoms. The average molecular weight is 193 g/mol. The summed E-state index contributed by atoms with van der Waals surface area (Å²) in [4.78, 5) is 0. The van der Waals surface area contributed by atoms with Gasteiger partial charge in [-0.25, -0.2) is 4.39 Å². The van der Waals surface area contributed by atoms with E-state index in [0.717, 1.165) is 17.6 Å². The van der Waals surface area contributed by atoms with E-state index in [4.69, 9.17) is 0 Å². The van der Waals surface area contributed by atoms with E-state index in [1.54, 1.807) is 12.1 Å². The van der Waals surface area contributed by atoms with Crippen molar-refractivity contribution in [1.29, 1.82) is 0 Å². The van der Waals surface area contributed by atoms with Crippen molar-refractivity contribution in [3.05, 3.63) is 47.8 Å². The van der Waals surface area contributed by atoms with E-state index in [1.807, 2.05) is 20.0 Å². The summed E-state index contributed by atoms with van der Waals surface area (Å²) in [5.41, 5.74) is 2.06. The number of nitrogens with one attached hydrogen (secondary N) is 1. The third kappa shape index (κ3) is 2.96. The largest absolute Gasteiger partial charge is 0.313 e. The minimum Gasteiger partial charge on any atom is -0.313 e. The van der Waals surface area contributed by atoms with Crippen molar-refractivity contribution in [3.63, 3.8) is 0 Å². The first-order chi connectivity index (χ1) is 6.63. The molecule has 0 amide bonds. The fourth-order valence-corrected chi connectivity index (χ4v) is 1.42. The molecule has 1 atom stereocenters. The third-order valence-electron chi connectivity index (χ3n) is 2.27. The molecule has 1 N–H and O–H groups in total. The summed E-state index contributed by atoms with van der Waals surface area (Å²) in [5, 5.41) is 3.15. The second-order valence-corrected chi connectivity index (χ2v) is 3.52. The first-order valence-corrected chi connectivity index (χ1v) is 4.70. The molecule has 0 fully saturated rings. The predicted octanol–water partition coefficient (Wildman–Crippen LogP) is 2.53. The van der Waals surface area contributed by atoms with Gasteiger partial charge in [0, 0.05) is 6.04 Å². The molecule has 2 heteroatoms. The number of hydrogen-bond acceptors (Lipinski definition) is 1. The van der Waals surface area contributed by atoms with Gasteiger partial charge in [0.05, 0.1) is 0 Å². The standard InChI is InChI=1S/C12H16FN/c1-9(2)12(14-3)8-10-5-4-6-11(13)7-10/h4-7,12,14H,1,8H2,2-3H3/t12-/m1/s1. The molecular formula is C12H16FN. The zero-order valence-corrected chi connectivity index (χ0v) is 8.68. The molecule has 1 nitrogen and oxygen atoms in total. The van der Waals surface area contributed by atoms with Gasteiger partial charge >= 0.3 is 0 Å². The number of rotatable bonds is 4. The lowest BCUT2D eigenvalue weighted by Gasteiger charge is -2.15. The number of hydrogen-bond donors (Lipinski definition) is 1. The fraction of sp³-hybridized carbons (Fsp3) is 0.333. The Kier molecular flexibility index (Phi) is 3.84. The van der Waals surface area contributed by atoms with Gasteiger partial charge in [0.1, 0.15) is 5.82 Å². The van der Waals surface area contributed by atoms with E-state index < -0.39 is 0 Å². The molecule has 1 rings (SSSR count). The van der Waals surface area contributed by atoms with Crippen LogP contribution < -0.4 is 5.32 Å². The Morgan fingerprint density at radius 1 is 1.57 bits per heavy atom. The van der Waals surface area contributed by atoms with Gasteiger partial charge in [-0.05, 0) is 38.1 Å². The second-order valence-electron chi connectivity index (χ2n) is 3.52. The van der Waals surface area contributed by atoms with E-state index in [2.05, 4.69) is 11.9 Å². The summed E-state index contributed by atoms with van der Waals surface area (Å²) in [6.45, 7) is 5.86. The van der Waals surface area contributed by atoms with Gasteiger partial charge < -0.3 is 5.32 Å². The molecule has 0 heterocycles. The van der Waals surface area contributed by atoms with Crippen molar-refractivity contribution < 1.29 is 4.39 Å². The van der Waals surface area contributed by atoms with E-state index in [9.17, 15) is 4.39 Å². The van der Waals surface area contributed by atoms with Crippen molar-refractivity contribution in [2.24, 2.45) is 0 Å². The highest BCUT2D eigenvalue weighted by molar-refractivity contribution is 5.20. The smallest absolute Gasteiger partial charge is 0.123 e. The molecule has 0 saturated carbocycles. The Bertz CT molecular complexity index is 320. The summed E-state index contributed by atoms with van der Waals surface area (Å²) in [6.07, 6.45) is 0.781. The maximum Gasteiger partial charge on any atom is 0.123 e. The molecule has 0 aliphatic heterocycles. The SMILES string of the molecule is C=C(C)[C@@H](Cc1cccc(F)c1)NC. The molecule has 1 aromatic carbocycles. The number of likely N-dealkylation sites (N-methyl/N-ethyl adjacent to an activating group) is 1. The van der Waals surface area contributed by atoms with E-state index >= 15 is 0 Å². The van der Waals surface area contributed by atoms with Crippen LogP contribution in [0.5, 0.6) is 0 Å². The summed E-state index contributed by atoms with van der Waals surface area (Å²) in [7, 11) is 1.89. The molecule has 0 aliphatic carbocycles. The van der Waals surface area contributed by atoms with Crippen LogP contribution >= 0.6 is 0 Å². The Morgan fingerprint density at radius 2 is 2.29 bits per heavy atom. The van der Waals surface area contributed by atoms with Crippen LogP contribution in [-0.4, -0.2) is 13.1 Å². The van der Waals surface area contributed by atoms with E-state index in [1.165, 1.54) is 6.07 Å². The van der Waals surface area contributed by atoms with Gasteiger partial charge in [0.2, 0.25) is 0 Å². The third-order valence-corrected chi connectivity index (χ3v) is 2.27. The lowest BCUT2D eigenvalue weighted by molar-refractivity contribution is 0.611. The molecule has 0 bridgehead atoms. The molecular weight excluding hydrogens is 177 g/mol. The summed E-state index contributed by atoms with van der Waals surface area (Å²) in [5.74, 6) is -0.181. The fourth-order valence-electron chi connectivity index (χ4n) is 1.42. The summed E-state index contributed by atoms with van der Waals surface area (Å²) in [6, 6.07) is 6.90. The van der Waals surface area contributed by atoms with E-state index in [-0.39, 0.29) is 11.9 Å². The van der Waals surface area contributed by atoms with Gasteiger partial charge in [0.25, 0.3) is 0 Å². The van der Waals surface area contributed by atoms with Crippen LogP contribution in [0.2, 0.25) is 0 Å². The Labute approximate surface area is 84.6 Å². The number of benzene rings is 1. The van der Waals surface area contributed by atoms with Gasteiger partial charge in [0.15, 0.2) is 0 Å². The normalized spacial score (nSPS) is 12.5. The summed E-state index contributed by atoms with van der Waals surface area (Å²) < 4.78 is 12.9. The zero-order valence-electron chi connectivity index (χ0n) is 8.68. The number of halogens is 1. The van der Waals surface area contributed by atoms with Crippen LogP contribution in [0.25, 0.3) is 0 Å². The maximum absolute atomic E-state index is 12.9. The van der Waals surface area contributed by atoms with Crippen molar-refractivity contribution in [2.75, 3.05) is 7.05 Å². The molecule has 76 valence electrons. The highest BCUT2D eigenvalue weighted by Crippen LogP contribution is 2.09. The summed E-state index contributed by atoms with van der Waals surface area (Å²) >= 11 is 0. The van der Waals surface area contributed by atoms with Crippen molar-refractivity contribution in [3.8, 4) is 0 Å².